The largest absolute Gasteiger partial charge is 0.444 e. The van der Waals surface area contributed by atoms with Gasteiger partial charge in [-0.25, -0.2) is 4.79 Å². The molecular weight excluding hydrogens is 266 g/mol. The van der Waals surface area contributed by atoms with Gasteiger partial charge in [0.25, 0.3) is 0 Å². The zero-order valence-electron chi connectivity index (χ0n) is 12.9. The first-order chi connectivity index (χ1) is 9.81. The van der Waals surface area contributed by atoms with Crippen molar-refractivity contribution in [2.45, 2.75) is 39.7 Å². The summed E-state index contributed by atoms with van der Waals surface area (Å²) in [7, 11) is 0. The number of amides is 1. The standard InChI is InChI=1S/C17H21NO3/c1-13-8-9-15(12-19)14(11-13)7-5-6-10-18-16(20)21-17(2,3)4/h8-9,11-12H,6,10H2,1-4H3,(H,18,20). The molecule has 1 amide bonds. The van der Waals surface area contributed by atoms with E-state index >= 15 is 0 Å². The molecule has 0 atom stereocenters. The van der Waals surface area contributed by atoms with Crippen molar-refractivity contribution in [3.63, 3.8) is 0 Å². The van der Waals surface area contributed by atoms with Crippen molar-refractivity contribution < 1.29 is 14.3 Å². The summed E-state index contributed by atoms with van der Waals surface area (Å²) in [6.45, 7) is 7.79. The summed E-state index contributed by atoms with van der Waals surface area (Å²) >= 11 is 0. The topological polar surface area (TPSA) is 55.4 Å². The second-order valence-electron chi connectivity index (χ2n) is 5.69. The van der Waals surface area contributed by atoms with E-state index in [1.165, 1.54) is 0 Å². The number of hydrogen-bond donors (Lipinski definition) is 1. The van der Waals surface area contributed by atoms with Gasteiger partial charge in [-0.15, -0.1) is 0 Å². The molecule has 0 fully saturated rings. The molecule has 0 aliphatic rings. The Morgan fingerprint density at radius 3 is 2.71 bits per heavy atom. The van der Waals surface area contributed by atoms with Crippen LogP contribution in [-0.4, -0.2) is 24.5 Å². The molecule has 0 aliphatic heterocycles. The fourth-order valence-electron chi connectivity index (χ4n) is 1.58. The smallest absolute Gasteiger partial charge is 0.407 e. The highest BCUT2D eigenvalue weighted by molar-refractivity contribution is 5.79. The fourth-order valence-corrected chi connectivity index (χ4v) is 1.58. The molecule has 1 N–H and O–H groups in total. The lowest BCUT2D eigenvalue weighted by Gasteiger charge is -2.19. The van der Waals surface area contributed by atoms with Crippen LogP contribution in [0.5, 0.6) is 0 Å². The van der Waals surface area contributed by atoms with E-state index in [0.29, 0.717) is 24.1 Å². The van der Waals surface area contributed by atoms with Crippen molar-refractivity contribution in [2.75, 3.05) is 6.54 Å². The Kier molecular flexibility index (Phi) is 5.98. The maximum absolute atomic E-state index is 11.4. The van der Waals surface area contributed by atoms with Gasteiger partial charge in [0, 0.05) is 24.1 Å². The number of aldehydes is 1. The molecule has 0 aromatic heterocycles. The monoisotopic (exact) mass is 287 g/mol. The third-order valence-corrected chi connectivity index (χ3v) is 2.48. The van der Waals surface area contributed by atoms with Crippen LogP contribution in [0.25, 0.3) is 0 Å². The van der Waals surface area contributed by atoms with Crippen LogP contribution in [0.15, 0.2) is 18.2 Å². The zero-order valence-corrected chi connectivity index (χ0v) is 12.9. The van der Waals surface area contributed by atoms with E-state index in [1.807, 2.05) is 39.8 Å². The third-order valence-electron chi connectivity index (χ3n) is 2.48. The van der Waals surface area contributed by atoms with Crippen LogP contribution < -0.4 is 5.32 Å². The molecule has 4 heteroatoms. The molecule has 21 heavy (non-hydrogen) atoms. The number of rotatable bonds is 3. The Morgan fingerprint density at radius 2 is 2.10 bits per heavy atom. The van der Waals surface area contributed by atoms with Gasteiger partial charge in [-0.3, -0.25) is 4.79 Å². The van der Waals surface area contributed by atoms with Gasteiger partial charge >= 0.3 is 6.09 Å². The van der Waals surface area contributed by atoms with Gasteiger partial charge in [0.15, 0.2) is 6.29 Å². The Hall–Kier alpha value is -2.28. The van der Waals surface area contributed by atoms with Crippen molar-refractivity contribution in [1.29, 1.82) is 0 Å². The molecule has 0 saturated heterocycles. The molecular formula is C17H21NO3. The molecule has 1 rings (SSSR count). The average molecular weight is 287 g/mol. The summed E-state index contributed by atoms with van der Waals surface area (Å²) < 4.78 is 5.11. The first-order valence-electron chi connectivity index (χ1n) is 6.83. The minimum atomic E-state index is -0.504. The summed E-state index contributed by atoms with van der Waals surface area (Å²) in [4.78, 5) is 22.3. The second-order valence-corrected chi connectivity index (χ2v) is 5.69. The first kappa shape index (κ1) is 16.8. The van der Waals surface area contributed by atoms with Crippen LogP contribution >= 0.6 is 0 Å². The van der Waals surface area contributed by atoms with E-state index < -0.39 is 11.7 Å². The summed E-state index contributed by atoms with van der Waals surface area (Å²) in [5.41, 5.74) is 1.84. The average Bonchev–Trinajstić information content (AvgIpc) is 2.36. The number of carbonyl (C=O) groups excluding carboxylic acids is 2. The van der Waals surface area contributed by atoms with E-state index in [9.17, 15) is 9.59 Å². The molecule has 0 saturated carbocycles. The van der Waals surface area contributed by atoms with Crippen molar-refractivity contribution in [1.82, 2.24) is 5.32 Å². The minimum Gasteiger partial charge on any atom is -0.444 e. The maximum Gasteiger partial charge on any atom is 0.407 e. The maximum atomic E-state index is 11.4. The lowest BCUT2D eigenvalue weighted by atomic mass is 10.1. The summed E-state index contributed by atoms with van der Waals surface area (Å²) in [6.07, 6.45) is 0.835. The molecule has 1 aromatic rings. The number of carbonyl (C=O) groups is 2. The molecule has 0 unspecified atom stereocenters. The van der Waals surface area contributed by atoms with Gasteiger partial charge in [-0.1, -0.05) is 24.0 Å². The quantitative estimate of drug-likeness (QED) is 0.528. The predicted octanol–water partition coefficient (Wildman–Crippen LogP) is 3.07. The highest BCUT2D eigenvalue weighted by Gasteiger charge is 2.15. The number of benzene rings is 1. The van der Waals surface area contributed by atoms with Gasteiger partial charge in [0.2, 0.25) is 0 Å². The summed E-state index contributed by atoms with van der Waals surface area (Å²) in [6, 6.07) is 5.50. The molecule has 0 radical (unpaired) electrons. The van der Waals surface area contributed by atoms with Crippen LogP contribution in [0, 0.1) is 18.8 Å². The summed E-state index contributed by atoms with van der Waals surface area (Å²) in [5, 5.41) is 2.63. The minimum absolute atomic E-state index is 0.407. The van der Waals surface area contributed by atoms with Crippen molar-refractivity contribution in [3.8, 4) is 11.8 Å². The van der Waals surface area contributed by atoms with Gasteiger partial charge in [0.05, 0.1) is 0 Å². The van der Waals surface area contributed by atoms with Gasteiger partial charge < -0.3 is 10.1 Å². The Labute approximate surface area is 125 Å². The Balaban J connectivity index is 2.49. The molecule has 0 spiro atoms. The van der Waals surface area contributed by atoms with Crippen molar-refractivity contribution in [3.05, 3.63) is 34.9 Å². The van der Waals surface area contributed by atoms with E-state index in [2.05, 4.69) is 17.2 Å². The number of alkyl carbamates (subject to hydrolysis) is 1. The number of aryl methyl sites for hydroxylation is 1. The van der Waals surface area contributed by atoms with Gasteiger partial charge in [-0.2, -0.15) is 0 Å². The molecule has 112 valence electrons. The Bertz CT molecular complexity index is 574. The van der Waals surface area contributed by atoms with E-state index in [4.69, 9.17) is 4.74 Å². The number of ether oxygens (including phenoxy) is 1. The van der Waals surface area contributed by atoms with Crippen LogP contribution in [0.1, 0.15) is 48.7 Å². The Morgan fingerprint density at radius 1 is 1.38 bits per heavy atom. The number of nitrogens with one attached hydrogen (secondary N) is 1. The van der Waals surface area contributed by atoms with E-state index in [0.717, 1.165) is 11.8 Å². The van der Waals surface area contributed by atoms with Crippen molar-refractivity contribution >= 4 is 12.4 Å². The summed E-state index contributed by atoms with van der Waals surface area (Å²) in [5.74, 6) is 5.90. The third kappa shape index (κ3) is 6.62. The molecule has 0 bridgehead atoms. The van der Waals surface area contributed by atoms with E-state index in [-0.39, 0.29) is 0 Å². The predicted molar refractivity (Wildman–Crippen MR) is 82.3 cm³/mol. The highest BCUT2D eigenvalue weighted by atomic mass is 16.6. The zero-order chi connectivity index (χ0) is 15.9. The second kappa shape index (κ2) is 7.49. The van der Waals surface area contributed by atoms with Crippen molar-refractivity contribution in [2.24, 2.45) is 0 Å². The SMILES string of the molecule is Cc1ccc(C=O)c(C#CCCNC(=O)OC(C)(C)C)c1. The molecule has 0 aliphatic carbocycles. The van der Waals surface area contributed by atoms with Crippen LogP contribution in [0.3, 0.4) is 0 Å². The van der Waals surface area contributed by atoms with Gasteiger partial charge in [0.1, 0.15) is 5.60 Å². The van der Waals surface area contributed by atoms with Gasteiger partial charge in [-0.05, 0) is 39.3 Å². The molecule has 1 aromatic carbocycles. The highest BCUT2D eigenvalue weighted by Crippen LogP contribution is 2.08. The lowest BCUT2D eigenvalue weighted by Crippen LogP contribution is -2.32. The van der Waals surface area contributed by atoms with Crippen LogP contribution in [0.4, 0.5) is 4.79 Å². The lowest BCUT2D eigenvalue weighted by molar-refractivity contribution is 0.0529. The molecule has 4 nitrogen and oxygen atoms in total. The molecule has 0 heterocycles. The van der Waals surface area contributed by atoms with E-state index in [1.54, 1.807) is 6.07 Å². The number of hydrogen-bond acceptors (Lipinski definition) is 3. The van der Waals surface area contributed by atoms with Crippen LogP contribution in [-0.2, 0) is 4.74 Å². The first-order valence-corrected chi connectivity index (χ1v) is 6.83. The van der Waals surface area contributed by atoms with Crippen LogP contribution in [0.2, 0.25) is 0 Å². The fraction of sp³-hybridized carbons (Fsp3) is 0.412. The normalized spacial score (nSPS) is 10.3.